The van der Waals surface area contributed by atoms with E-state index >= 15 is 0 Å². The molecule has 1 aromatic carbocycles. The van der Waals surface area contributed by atoms with Crippen molar-refractivity contribution >= 4 is 29.0 Å². The minimum atomic E-state index is 0.505. The van der Waals surface area contributed by atoms with E-state index in [9.17, 15) is 0 Å². The normalized spacial score (nSPS) is 11.3. The Morgan fingerprint density at radius 3 is 2.55 bits per heavy atom. The van der Waals surface area contributed by atoms with Crippen LogP contribution in [-0.2, 0) is 13.0 Å². The molecule has 0 saturated carbocycles. The monoisotopic (exact) mass is 311 g/mol. The topological polar surface area (TPSA) is 43.8 Å². The van der Waals surface area contributed by atoms with Crippen LogP contribution in [0.1, 0.15) is 26.6 Å². The van der Waals surface area contributed by atoms with Gasteiger partial charge in [-0.3, -0.25) is 0 Å². The molecule has 0 aliphatic carbocycles. The summed E-state index contributed by atoms with van der Waals surface area (Å²) in [5.41, 5.74) is 7.84. The lowest BCUT2D eigenvalue weighted by molar-refractivity contribution is 0.513. The maximum atomic E-state index is 6.28. The fraction of sp³-hybridized carbons (Fsp3) is 0.400. The van der Waals surface area contributed by atoms with Crippen LogP contribution in [0.25, 0.3) is 11.3 Å². The summed E-state index contributed by atoms with van der Waals surface area (Å²) < 4.78 is 2.07. The van der Waals surface area contributed by atoms with Crippen LogP contribution >= 0.6 is 23.2 Å². The van der Waals surface area contributed by atoms with E-state index in [1.54, 1.807) is 12.1 Å². The van der Waals surface area contributed by atoms with Crippen molar-refractivity contribution in [2.24, 2.45) is 5.92 Å². The van der Waals surface area contributed by atoms with Gasteiger partial charge in [0.1, 0.15) is 17.3 Å². The molecule has 0 fully saturated rings. The first-order chi connectivity index (χ1) is 9.43. The average molecular weight is 312 g/mol. The Morgan fingerprint density at radius 2 is 2.00 bits per heavy atom. The van der Waals surface area contributed by atoms with Crippen molar-refractivity contribution in [2.75, 3.05) is 5.73 Å². The largest absolute Gasteiger partial charge is 0.383 e. The first kappa shape index (κ1) is 15.2. The van der Waals surface area contributed by atoms with Crippen LogP contribution in [0.5, 0.6) is 0 Å². The second kappa shape index (κ2) is 6.06. The first-order valence-corrected chi connectivity index (χ1v) is 7.49. The molecule has 0 saturated heterocycles. The molecule has 1 heterocycles. The summed E-state index contributed by atoms with van der Waals surface area (Å²) in [6, 6.07) is 5.38. The molecule has 0 aliphatic heterocycles. The van der Waals surface area contributed by atoms with Gasteiger partial charge in [-0.2, -0.15) is 0 Å². The predicted octanol–water partition coefficient (Wildman–Crippen LogP) is 4.66. The van der Waals surface area contributed by atoms with Crippen LogP contribution in [0.4, 0.5) is 5.82 Å². The highest BCUT2D eigenvalue weighted by Crippen LogP contribution is 2.34. The number of nitrogens with two attached hydrogens (primary N) is 1. The lowest BCUT2D eigenvalue weighted by Gasteiger charge is -2.11. The number of aryl methyl sites for hydroxylation is 1. The highest BCUT2D eigenvalue weighted by atomic mass is 35.5. The van der Waals surface area contributed by atoms with Gasteiger partial charge in [-0.1, -0.05) is 44.0 Å². The molecule has 2 rings (SSSR count). The zero-order valence-corrected chi connectivity index (χ0v) is 13.5. The minimum Gasteiger partial charge on any atom is -0.383 e. The summed E-state index contributed by atoms with van der Waals surface area (Å²) in [7, 11) is 0. The maximum Gasteiger partial charge on any atom is 0.131 e. The Hall–Kier alpha value is -1.19. The van der Waals surface area contributed by atoms with Crippen LogP contribution < -0.4 is 5.73 Å². The number of imidazole rings is 1. The van der Waals surface area contributed by atoms with Gasteiger partial charge in [-0.25, -0.2) is 4.98 Å². The van der Waals surface area contributed by atoms with E-state index in [0.29, 0.717) is 21.8 Å². The van der Waals surface area contributed by atoms with Crippen molar-refractivity contribution in [3.63, 3.8) is 0 Å². The SMILES string of the molecule is CCc1nc(-c2ccc(Cl)cc2Cl)c(N)n1CC(C)C. The molecule has 2 aromatic rings. The molecular formula is C15H19Cl2N3. The van der Waals surface area contributed by atoms with Gasteiger partial charge in [-0.15, -0.1) is 0 Å². The van der Waals surface area contributed by atoms with E-state index in [-0.39, 0.29) is 0 Å². The van der Waals surface area contributed by atoms with E-state index in [4.69, 9.17) is 28.9 Å². The molecule has 2 N–H and O–H groups in total. The number of benzene rings is 1. The number of hydrogen-bond donors (Lipinski definition) is 1. The molecule has 0 aliphatic rings. The van der Waals surface area contributed by atoms with Crippen molar-refractivity contribution in [1.29, 1.82) is 0 Å². The third kappa shape index (κ3) is 2.94. The molecule has 5 heteroatoms. The van der Waals surface area contributed by atoms with Gasteiger partial charge >= 0.3 is 0 Å². The molecule has 0 spiro atoms. The zero-order chi connectivity index (χ0) is 14.9. The van der Waals surface area contributed by atoms with Gasteiger partial charge in [0.05, 0.1) is 5.02 Å². The molecule has 0 radical (unpaired) electrons. The van der Waals surface area contributed by atoms with Gasteiger partial charge < -0.3 is 10.3 Å². The standard InChI is InChI=1S/C15H19Cl2N3/c1-4-13-19-14(15(18)20(13)8-9(2)3)11-6-5-10(16)7-12(11)17/h5-7,9H,4,8,18H2,1-3H3. The second-order valence-electron chi connectivity index (χ2n) is 5.24. The number of halogens is 2. The number of nitrogens with zero attached hydrogens (tertiary/aromatic N) is 2. The molecule has 0 amide bonds. The Bertz CT molecular complexity index is 618. The minimum absolute atomic E-state index is 0.505. The molecule has 0 atom stereocenters. The van der Waals surface area contributed by atoms with Gasteiger partial charge in [0, 0.05) is 23.6 Å². The van der Waals surface area contributed by atoms with E-state index in [1.165, 1.54) is 0 Å². The molecule has 3 nitrogen and oxygen atoms in total. The summed E-state index contributed by atoms with van der Waals surface area (Å²) in [6.45, 7) is 7.25. The number of hydrogen-bond acceptors (Lipinski definition) is 2. The lowest BCUT2D eigenvalue weighted by atomic mass is 10.1. The third-order valence-electron chi connectivity index (χ3n) is 3.14. The zero-order valence-electron chi connectivity index (χ0n) is 12.0. The third-order valence-corrected chi connectivity index (χ3v) is 3.68. The van der Waals surface area contributed by atoms with E-state index in [1.807, 2.05) is 6.07 Å². The number of anilines is 1. The number of aromatic nitrogens is 2. The summed E-state index contributed by atoms with van der Waals surface area (Å²) in [5, 5.41) is 1.18. The van der Waals surface area contributed by atoms with Crippen molar-refractivity contribution in [2.45, 2.75) is 33.7 Å². The quantitative estimate of drug-likeness (QED) is 0.892. The maximum absolute atomic E-state index is 6.28. The smallest absolute Gasteiger partial charge is 0.131 e. The fourth-order valence-electron chi connectivity index (χ4n) is 2.23. The fourth-order valence-corrected chi connectivity index (χ4v) is 2.73. The Labute approximate surface area is 129 Å². The number of rotatable bonds is 4. The van der Waals surface area contributed by atoms with Crippen molar-refractivity contribution in [1.82, 2.24) is 9.55 Å². The van der Waals surface area contributed by atoms with Crippen molar-refractivity contribution in [3.05, 3.63) is 34.1 Å². The first-order valence-electron chi connectivity index (χ1n) is 6.74. The van der Waals surface area contributed by atoms with Gasteiger partial charge in [0.25, 0.3) is 0 Å². The van der Waals surface area contributed by atoms with Crippen LogP contribution in [-0.4, -0.2) is 9.55 Å². The van der Waals surface area contributed by atoms with E-state index in [0.717, 1.165) is 30.0 Å². The summed E-state index contributed by atoms with van der Waals surface area (Å²) >= 11 is 12.2. The Morgan fingerprint density at radius 1 is 1.30 bits per heavy atom. The molecule has 0 bridgehead atoms. The molecule has 0 unspecified atom stereocenters. The van der Waals surface area contributed by atoms with Crippen molar-refractivity contribution < 1.29 is 0 Å². The Balaban J connectivity index is 2.54. The van der Waals surface area contributed by atoms with Gasteiger partial charge in [-0.05, 0) is 24.1 Å². The van der Waals surface area contributed by atoms with Gasteiger partial charge in [0.15, 0.2) is 0 Å². The molecule has 1 aromatic heterocycles. The molecule has 108 valence electrons. The van der Waals surface area contributed by atoms with Crippen LogP contribution in [0.3, 0.4) is 0 Å². The summed E-state index contributed by atoms with van der Waals surface area (Å²) in [5.74, 6) is 2.15. The van der Waals surface area contributed by atoms with E-state index in [2.05, 4.69) is 30.3 Å². The molecule has 20 heavy (non-hydrogen) atoms. The predicted molar refractivity (Wildman–Crippen MR) is 86.3 cm³/mol. The Kier molecular flexibility index (Phi) is 4.61. The van der Waals surface area contributed by atoms with Gasteiger partial charge in [0.2, 0.25) is 0 Å². The van der Waals surface area contributed by atoms with Crippen molar-refractivity contribution in [3.8, 4) is 11.3 Å². The number of nitrogen functional groups attached to an aromatic ring is 1. The van der Waals surface area contributed by atoms with Crippen LogP contribution in [0, 0.1) is 5.92 Å². The highest BCUT2D eigenvalue weighted by molar-refractivity contribution is 6.36. The lowest BCUT2D eigenvalue weighted by Crippen LogP contribution is -2.10. The average Bonchev–Trinajstić information content (AvgIpc) is 2.67. The summed E-state index contributed by atoms with van der Waals surface area (Å²) in [4.78, 5) is 4.65. The van der Waals surface area contributed by atoms with Crippen LogP contribution in [0.15, 0.2) is 18.2 Å². The second-order valence-corrected chi connectivity index (χ2v) is 6.09. The van der Waals surface area contributed by atoms with Crippen LogP contribution in [0.2, 0.25) is 10.0 Å². The summed E-state index contributed by atoms with van der Waals surface area (Å²) in [6.07, 6.45) is 0.835. The van der Waals surface area contributed by atoms with E-state index < -0.39 is 0 Å². The molecular weight excluding hydrogens is 293 g/mol. The highest BCUT2D eigenvalue weighted by Gasteiger charge is 2.17.